The van der Waals surface area contributed by atoms with Crippen molar-refractivity contribution in [3.05, 3.63) is 84.6 Å². The van der Waals surface area contributed by atoms with Crippen molar-refractivity contribution in [2.45, 2.75) is 82.4 Å². The van der Waals surface area contributed by atoms with E-state index in [2.05, 4.69) is 15.6 Å². The third-order valence-corrected chi connectivity index (χ3v) is 8.94. The second-order valence-corrected chi connectivity index (χ2v) is 12.3. The van der Waals surface area contributed by atoms with E-state index >= 15 is 0 Å². The Morgan fingerprint density at radius 1 is 0.851 bits per heavy atom. The average Bonchev–Trinajstić information content (AvgIpc) is 3.62. The zero-order valence-electron chi connectivity index (χ0n) is 26.9. The topological polar surface area (TPSA) is 108 Å². The number of nitrogens with one attached hydrogen (secondary N) is 2. The maximum atomic E-state index is 13.2. The van der Waals surface area contributed by atoms with Gasteiger partial charge in [0.15, 0.2) is 11.5 Å². The Balaban J connectivity index is 1.11. The number of anilines is 1. The van der Waals surface area contributed by atoms with Crippen LogP contribution in [0.4, 0.5) is 5.69 Å². The molecule has 4 aromatic rings. The lowest BCUT2D eigenvalue weighted by atomic mass is 9.94. The third-order valence-electron chi connectivity index (χ3n) is 8.94. The van der Waals surface area contributed by atoms with Crippen LogP contribution in [0, 0.1) is 0 Å². The number of benzene rings is 3. The summed E-state index contributed by atoms with van der Waals surface area (Å²) in [5.41, 5.74) is 1.94. The van der Waals surface area contributed by atoms with Crippen molar-refractivity contribution >= 4 is 28.5 Å². The van der Waals surface area contributed by atoms with Crippen molar-refractivity contribution < 1.29 is 28.5 Å². The van der Waals surface area contributed by atoms with Crippen LogP contribution in [0.3, 0.4) is 0 Å². The molecule has 2 aliphatic rings. The smallest absolute Gasteiger partial charge is 0.323 e. The lowest BCUT2D eigenvalue weighted by Gasteiger charge is -2.28. The average molecular weight is 638 g/mol. The molecule has 246 valence electrons. The lowest BCUT2D eigenvalue weighted by Crippen LogP contribution is -2.46. The van der Waals surface area contributed by atoms with Gasteiger partial charge in [0.1, 0.15) is 23.6 Å². The fraction of sp³-hybridized carbons (Fsp3) is 0.395. The number of nitrogens with zero attached hydrogens (tertiary/aromatic N) is 1. The molecule has 0 radical (unpaired) electrons. The number of carbonyl (C=O) groups is 2. The number of amides is 1. The van der Waals surface area contributed by atoms with Crippen LogP contribution in [0.25, 0.3) is 10.9 Å². The highest BCUT2D eigenvalue weighted by Crippen LogP contribution is 2.37. The molecule has 1 aromatic heterocycles. The quantitative estimate of drug-likeness (QED) is 0.143. The van der Waals surface area contributed by atoms with E-state index < -0.39 is 6.04 Å². The minimum absolute atomic E-state index is 0.0283. The molecule has 0 saturated heterocycles. The standard InChI is InChI=1S/C38H43N3O6/c1-44-35-24-31-33(39-22-20-34(31)46-30-18-16-28(17-19-30)41-37(42)26-10-4-2-5-11-26)25-36(35)45-23-21-32(40-27-12-6-3-7-13-27)38(43)47-29-14-8-9-15-29/h2,4-5,10-11,16-20,22,24-25,27,29,32,40H,3,6-9,12-15,21,23H2,1H3,(H,41,42). The number of ether oxygens (including phenoxy) is 4. The normalized spacial score (nSPS) is 16.0. The summed E-state index contributed by atoms with van der Waals surface area (Å²) in [4.78, 5) is 30.3. The van der Waals surface area contributed by atoms with Crippen LogP contribution in [0.1, 0.15) is 74.6 Å². The maximum Gasteiger partial charge on any atom is 0.323 e. The summed E-state index contributed by atoms with van der Waals surface area (Å²) in [5.74, 6) is 1.95. The molecular weight excluding hydrogens is 594 g/mol. The second kappa shape index (κ2) is 15.8. The monoisotopic (exact) mass is 637 g/mol. The molecule has 2 saturated carbocycles. The van der Waals surface area contributed by atoms with Gasteiger partial charge in [0.2, 0.25) is 0 Å². The van der Waals surface area contributed by atoms with E-state index in [1.807, 2.05) is 30.3 Å². The van der Waals surface area contributed by atoms with Crippen molar-refractivity contribution in [1.29, 1.82) is 0 Å². The van der Waals surface area contributed by atoms with E-state index in [1.165, 1.54) is 19.3 Å². The molecule has 0 bridgehead atoms. The number of rotatable bonds is 13. The summed E-state index contributed by atoms with van der Waals surface area (Å²) in [6.07, 6.45) is 12.1. The van der Waals surface area contributed by atoms with Crippen molar-refractivity contribution in [2.24, 2.45) is 0 Å². The first-order valence-electron chi connectivity index (χ1n) is 16.8. The number of methoxy groups -OCH3 is 1. The fourth-order valence-corrected chi connectivity index (χ4v) is 6.38. The van der Waals surface area contributed by atoms with Crippen LogP contribution >= 0.6 is 0 Å². The van der Waals surface area contributed by atoms with Crippen LogP contribution in [-0.2, 0) is 9.53 Å². The molecule has 0 spiro atoms. The molecule has 9 nitrogen and oxygen atoms in total. The maximum absolute atomic E-state index is 13.2. The van der Waals surface area contributed by atoms with Crippen molar-refractivity contribution in [1.82, 2.24) is 10.3 Å². The fourth-order valence-electron chi connectivity index (χ4n) is 6.38. The largest absolute Gasteiger partial charge is 0.493 e. The Bertz CT molecular complexity index is 1630. The van der Waals surface area contributed by atoms with Gasteiger partial charge in [0, 0.05) is 41.4 Å². The van der Waals surface area contributed by atoms with E-state index in [0.717, 1.165) is 43.9 Å². The Hall–Kier alpha value is -4.63. The van der Waals surface area contributed by atoms with Crippen molar-refractivity contribution in [2.75, 3.05) is 19.0 Å². The van der Waals surface area contributed by atoms with Gasteiger partial charge in [0.05, 0.1) is 19.2 Å². The molecule has 9 heteroatoms. The van der Waals surface area contributed by atoms with Crippen LogP contribution in [0.2, 0.25) is 0 Å². The molecule has 47 heavy (non-hydrogen) atoms. The van der Waals surface area contributed by atoms with Gasteiger partial charge < -0.3 is 29.6 Å². The van der Waals surface area contributed by atoms with Gasteiger partial charge in [-0.15, -0.1) is 0 Å². The van der Waals surface area contributed by atoms with Crippen LogP contribution in [0.5, 0.6) is 23.0 Å². The van der Waals surface area contributed by atoms with Gasteiger partial charge in [-0.25, -0.2) is 0 Å². The molecule has 1 heterocycles. The molecule has 0 aliphatic heterocycles. The second-order valence-electron chi connectivity index (χ2n) is 12.3. The predicted molar refractivity (Wildman–Crippen MR) is 181 cm³/mol. The Kier molecular flexibility index (Phi) is 10.8. The van der Waals surface area contributed by atoms with Gasteiger partial charge in [-0.2, -0.15) is 0 Å². The van der Waals surface area contributed by atoms with Crippen molar-refractivity contribution in [3.63, 3.8) is 0 Å². The SMILES string of the molecule is COc1cc2c(Oc3ccc(NC(=O)c4ccccc4)cc3)ccnc2cc1OCCC(NC1CCCCC1)C(=O)OC1CCCC1. The first kappa shape index (κ1) is 32.3. The molecule has 2 N–H and O–H groups in total. The molecule has 3 aromatic carbocycles. The number of pyridine rings is 1. The van der Waals surface area contributed by atoms with Gasteiger partial charge in [-0.05, 0) is 87.1 Å². The summed E-state index contributed by atoms with van der Waals surface area (Å²) in [6, 6.07) is 21.7. The highest BCUT2D eigenvalue weighted by Gasteiger charge is 2.28. The minimum atomic E-state index is -0.415. The van der Waals surface area contributed by atoms with Crippen LogP contribution < -0.4 is 24.8 Å². The summed E-state index contributed by atoms with van der Waals surface area (Å²) in [6.45, 7) is 0.315. The van der Waals surface area contributed by atoms with Crippen molar-refractivity contribution in [3.8, 4) is 23.0 Å². The minimum Gasteiger partial charge on any atom is -0.493 e. The summed E-state index contributed by atoms with van der Waals surface area (Å²) >= 11 is 0. The highest BCUT2D eigenvalue weighted by atomic mass is 16.5. The Labute approximate surface area is 276 Å². The molecule has 6 rings (SSSR count). The molecule has 2 fully saturated rings. The number of esters is 1. The van der Waals surface area contributed by atoms with E-state index in [-0.39, 0.29) is 18.0 Å². The van der Waals surface area contributed by atoms with Crippen LogP contribution in [-0.4, -0.2) is 48.8 Å². The number of fused-ring (bicyclic) bond motifs is 1. The number of aromatic nitrogens is 1. The first-order valence-corrected chi connectivity index (χ1v) is 16.8. The predicted octanol–water partition coefficient (Wildman–Crippen LogP) is 7.83. The molecule has 1 atom stereocenters. The zero-order valence-corrected chi connectivity index (χ0v) is 26.9. The molecule has 2 aliphatic carbocycles. The molecule has 1 amide bonds. The van der Waals surface area contributed by atoms with Gasteiger partial charge >= 0.3 is 5.97 Å². The van der Waals surface area contributed by atoms with Gasteiger partial charge in [0.25, 0.3) is 5.91 Å². The number of carbonyl (C=O) groups excluding carboxylic acids is 2. The van der Waals surface area contributed by atoms with Gasteiger partial charge in [-0.3, -0.25) is 14.6 Å². The van der Waals surface area contributed by atoms with E-state index in [4.69, 9.17) is 18.9 Å². The summed E-state index contributed by atoms with van der Waals surface area (Å²) in [7, 11) is 1.60. The van der Waals surface area contributed by atoms with E-state index in [9.17, 15) is 9.59 Å². The Morgan fingerprint density at radius 2 is 1.60 bits per heavy atom. The zero-order chi connectivity index (χ0) is 32.4. The molecular formula is C38H43N3O6. The third kappa shape index (κ3) is 8.60. The summed E-state index contributed by atoms with van der Waals surface area (Å²) in [5, 5.41) is 7.25. The van der Waals surface area contributed by atoms with Gasteiger partial charge in [-0.1, -0.05) is 37.5 Å². The summed E-state index contributed by atoms with van der Waals surface area (Å²) < 4.78 is 24.1. The van der Waals surface area contributed by atoms with Crippen LogP contribution in [0.15, 0.2) is 79.0 Å². The lowest BCUT2D eigenvalue weighted by molar-refractivity contribution is -0.152. The molecule has 1 unspecified atom stereocenters. The Morgan fingerprint density at radius 3 is 2.34 bits per heavy atom. The highest BCUT2D eigenvalue weighted by molar-refractivity contribution is 6.04. The first-order chi connectivity index (χ1) is 23.1. The number of hydrogen-bond acceptors (Lipinski definition) is 8. The van der Waals surface area contributed by atoms with E-state index in [1.54, 1.807) is 55.8 Å². The van der Waals surface area contributed by atoms with E-state index in [0.29, 0.717) is 58.8 Å². The number of hydrogen-bond donors (Lipinski definition) is 2.